The van der Waals surface area contributed by atoms with Gasteiger partial charge in [-0.25, -0.2) is 13.4 Å². The van der Waals surface area contributed by atoms with Crippen LogP contribution in [0.2, 0.25) is 0 Å². The van der Waals surface area contributed by atoms with Crippen LogP contribution in [0.5, 0.6) is 0 Å². The lowest BCUT2D eigenvalue weighted by Gasteiger charge is -2.29. The predicted molar refractivity (Wildman–Crippen MR) is 113 cm³/mol. The number of hydrogen-bond donors (Lipinski definition) is 2. The number of sulfonamides is 1. The van der Waals surface area contributed by atoms with E-state index in [4.69, 9.17) is 5.73 Å². The highest BCUT2D eigenvalue weighted by Gasteiger charge is 2.29. The summed E-state index contributed by atoms with van der Waals surface area (Å²) in [7, 11) is -3.60. The van der Waals surface area contributed by atoms with Gasteiger partial charge in [-0.15, -0.1) is 0 Å². The fraction of sp³-hybridized carbons (Fsp3) is 0.368. The average Bonchev–Trinajstić information content (AvgIpc) is 3.10. The van der Waals surface area contributed by atoms with E-state index in [2.05, 4.69) is 15.3 Å². The van der Waals surface area contributed by atoms with Crippen LogP contribution in [-0.4, -0.2) is 48.4 Å². The molecule has 0 aliphatic carbocycles. The topological polar surface area (TPSA) is 101 Å². The molecule has 1 atom stereocenters. The van der Waals surface area contributed by atoms with Crippen LogP contribution in [0.25, 0.3) is 21.3 Å². The molecular formula is C19H23N5O2S2. The first-order valence-electron chi connectivity index (χ1n) is 9.33. The molecule has 1 unspecified atom stereocenters. The van der Waals surface area contributed by atoms with Gasteiger partial charge in [0.15, 0.2) is 5.13 Å². The second-order valence-corrected chi connectivity index (χ2v) is 9.88. The van der Waals surface area contributed by atoms with Gasteiger partial charge in [0.2, 0.25) is 10.0 Å². The van der Waals surface area contributed by atoms with Gasteiger partial charge < -0.3 is 11.1 Å². The number of piperidine rings is 1. The highest BCUT2D eigenvalue weighted by atomic mass is 32.2. The minimum Gasteiger partial charge on any atom is -0.362 e. The minimum absolute atomic E-state index is 0.112. The van der Waals surface area contributed by atoms with Crippen molar-refractivity contribution < 1.29 is 8.42 Å². The fourth-order valence-electron chi connectivity index (χ4n) is 3.39. The van der Waals surface area contributed by atoms with Crippen LogP contribution in [0.15, 0.2) is 41.6 Å². The molecule has 9 heteroatoms. The maximum atomic E-state index is 13.0. The second kappa shape index (κ2) is 7.75. The van der Waals surface area contributed by atoms with Gasteiger partial charge in [0.05, 0.1) is 10.2 Å². The van der Waals surface area contributed by atoms with Crippen molar-refractivity contribution in [3.05, 3.63) is 36.7 Å². The second-order valence-electron chi connectivity index (χ2n) is 6.91. The van der Waals surface area contributed by atoms with E-state index >= 15 is 0 Å². The number of nitrogens with zero attached hydrogens (tertiary/aromatic N) is 3. The standard InChI is InChI=1S/C19H23N5O2S2/c1-2-22-19-23-17-6-5-13(9-18(17)27-19)14-8-16(11-21-10-14)28(25,26)24-7-3-4-15(20)12-24/h5-6,8-11,15H,2-4,7,12,20H2,1H3,(H,22,23). The summed E-state index contributed by atoms with van der Waals surface area (Å²) in [6, 6.07) is 7.50. The van der Waals surface area contributed by atoms with Crippen molar-refractivity contribution in [1.29, 1.82) is 0 Å². The minimum atomic E-state index is -3.60. The molecule has 1 saturated heterocycles. The molecule has 1 aromatic carbocycles. The molecule has 0 saturated carbocycles. The first-order valence-corrected chi connectivity index (χ1v) is 11.6. The molecule has 1 fully saturated rings. The van der Waals surface area contributed by atoms with E-state index < -0.39 is 10.0 Å². The Morgan fingerprint density at radius 1 is 1.29 bits per heavy atom. The Labute approximate surface area is 168 Å². The maximum absolute atomic E-state index is 13.0. The molecule has 0 amide bonds. The van der Waals surface area contributed by atoms with Crippen LogP contribution in [0.4, 0.5) is 5.13 Å². The molecular weight excluding hydrogens is 394 g/mol. The Morgan fingerprint density at radius 2 is 2.14 bits per heavy atom. The number of fused-ring (bicyclic) bond motifs is 1. The lowest BCUT2D eigenvalue weighted by molar-refractivity contribution is 0.316. The van der Waals surface area contributed by atoms with E-state index in [0.717, 1.165) is 45.9 Å². The van der Waals surface area contributed by atoms with Crippen LogP contribution in [0, 0.1) is 0 Å². The van der Waals surface area contributed by atoms with Gasteiger partial charge in [0.1, 0.15) is 4.90 Å². The third-order valence-corrected chi connectivity index (χ3v) is 7.63. The van der Waals surface area contributed by atoms with Crippen molar-refractivity contribution in [2.45, 2.75) is 30.7 Å². The first kappa shape index (κ1) is 19.3. The molecule has 1 aliphatic rings. The van der Waals surface area contributed by atoms with E-state index in [1.807, 2.05) is 25.1 Å². The summed E-state index contributed by atoms with van der Waals surface area (Å²) in [5.74, 6) is 0. The van der Waals surface area contributed by atoms with Gasteiger partial charge >= 0.3 is 0 Å². The smallest absolute Gasteiger partial charge is 0.244 e. The highest BCUT2D eigenvalue weighted by molar-refractivity contribution is 7.89. The number of aromatic nitrogens is 2. The zero-order valence-electron chi connectivity index (χ0n) is 15.6. The summed E-state index contributed by atoms with van der Waals surface area (Å²) in [4.78, 5) is 8.94. The van der Waals surface area contributed by atoms with Crippen LogP contribution < -0.4 is 11.1 Å². The summed E-state index contributed by atoms with van der Waals surface area (Å²) in [6.45, 7) is 3.70. The number of nitrogens with one attached hydrogen (secondary N) is 1. The van der Waals surface area contributed by atoms with E-state index in [1.54, 1.807) is 23.6 Å². The Bertz CT molecular complexity index is 1100. The summed E-state index contributed by atoms with van der Waals surface area (Å²) < 4.78 is 28.6. The van der Waals surface area contributed by atoms with Gasteiger partial charge in [0.25, 0.3) is 0 Å². The molecule has 148 valence electrons. The average molecular weight is 418 g/mol. The first-order chi connectivity index (χ1) is 13.5. The Morgan fingerprint density at radius 3 is 2.93 bits per heavy atom. The number of benzene rings is 1. The number of hydrogen-bond acceptors (Lipinski definition) is 7. The zero-order chi connectivity index (χ0) is 19.7. The maximum Gasteiger partial charge on any atom is 0.244 e. The number of nitrogens with two attached hydrogens (primary N) is 1. The van der Waals surface area contributed by atoms with Gasteiger partial charge in [-0.05, 0) is 43.5 Å². The van der Waals surface area contributed by atoms with Crippen LogP contribution in [-0.2, 0) is 10.0 Å². The quantitative estimate of drug-likeness (QED) is 0.662. The largest absolute Gasteiger partial charge is 0.362 e. The van der Waals surface area contributed by atoms with Crippen LogP contribution >= 0.6 is 11.3 Å². The van der Waals surface area contributed by atoms with Crippen LogP contribution in [0.3, 0.4) is 0 Å². The third kappa shape index (κ3) is 3.75. The Hall–Kier alpha value is -2.07. The summed E-state index contributed by atoms with van der Waals surface area (Å²) in [5, 5.41) is 4.11. The van der Waals surface area contributed by atoms with Crippen molar-refractivity contribution in [2.24, 2.45) is 5.73 Å². The predicted octanol–water partition coefficient (Wildman–Crippen LogP) is 2.90. The molecule has 0 radical (unpaired) electrons. The number of anilines is 1. The monoisotopic (exact) mass is 417 g/mol. The molecule has 28 heavy (non-hydrogen) atoms. The highest BCUT2D eigenvalue weighted by Crippen LogP contribution is 2.31. The van der Waals surface area contributed by atoms with E-state index in [1.165, 1.54) is 10.5 Å². The van der Waals surface area contributed by atoms with Crippen molar-refractivity contribution in [1.82, 2.24) is 14.3 Å². The van der Waals surface area contributed by atoms with Crippen molar-refractivity contribution in [3.63, 3.8) is 0 Å². The summed E-state index contributed by atoms with van der Waals surface area (Å²) in [6.07, 6.45) is 4.74. The molecule has 0 spiro atoms. The van der Waals surface area contributed by atoms with Crippen molar-refractivity contribution in [3.8, 4) is 11.1 Å². The molecule has 3 heterocycles. The number of pyridine rings is 1. The van der Waals surface area contributed by atoms with Crippen molar-refractivity contribution in [2.75, 3.05) is 25.0 Å². The molecule has 7 nitrogen and oxygen atoms in total. The molecule has 2 aromatic heterocycles. The molecule has 3 N–H and O–H groups in total. The van der Waals surface area contributed by atoms with Gasteiger partial charge in [-0.1, -0.05) is 17.4 Å². The van der Waals surface area contributed by atoms with E-state index in [-0.39, 0.29) is 10.9 Å². The Balaban J connectivity index is 1.67. The number of rotatable bonds is 5. The number of thiazole rings is 1. The van der Waals surface area contributed by atoms with E-state index in [0.29, 0.717) is 13.1 Å². The Kier molecular flexibility index (Phi) is 5.33. The SMILES string of the molecule is CCNc1nc2ccc(-c3cncc(S(=O)(=O)N4CCCC(N)C4)c3)cc2s1. The molecule has 3 aromatic rings. The van der Waals surface area contributed by atoms with Crippen molar-refractivity contribution >= 4 is 36.7 Å². The third-order valence-electron chi connectivity index (χ3n) is 4.82. The van der Waals surface area contributed by atoms with Crippen LogP contribution in [0.1, 0.15) is 19.8 Å². The molecule has 0 bridgehead atoms. The summed E-state index contributed by atoms with van der Waals surface area (Å²) in [5.41, 5.74) is 8.57. The van der Waals surface area contributed by atoms with Gasteiger partial charge in [-0.3, -0.25) is 4.98 Å². The van der Waals surface area contributed by atoms with Gasteiger partial charge in [-0.2, -0.15) is 4.31 Å². The summed E-state index contributed by atoms with van der Waals surface area (Å²) >= 11 is 1.58. The van der Waals surface area contributed by atoms with Gasteiger partial charge in [0, 0.05) is 43.6 Å². The lowest BCUT2D eigenvalue weighted by atomic mass is 10.1. The zero-order valence-corrected chi connectivity index (χ0v) is 17.3. The van der Waals surface area contributed by atoms with E-state index in [9.17, 15) is 8.42 Å². The fourth-order valence-corrected chi connectivity index (χ4v) is 5.89. The molecule has 1 aliphatic heterocycles. The molecule has 4 rings (SSSR count). The normalized spacial score (nSPS) is 18.4. The lowest BCUT2D eigenvalue weighted by Crippen LogP contribution is -2.45.